The summed E-state index contributed by atoms with van der Waals surface area (Å²) in [5, 5.41) is 8.90. The van der Waals surface area contributed by atoms with E-state index < -0.39 is 5.97 Å². The van der Waals surface area contributed by atoms with Crippen LogP contribution in [0.25, 0.3) is 0 Å². The fourth-order valence-corrected chi connectivity index (χ4v) is 1.99. The molecule has 100 valence electrons. The summed E-state index contributed by atoms with van der Waals surface area (Å²) in [5.74, 6) is -0.816. The molecule has 18 heavy (non-hydrogen) atoms. The first kappa shape index (κ1) is 13.0. The fourth-order valence-electron chi connectivity index (χ4n) is 1.99. The topological polar surface area (TPSA) is 67.6 Å². The van der Waals surface area contributed by atoms with Crippen molar-refractivity contribution in [1.29, 1.82) is 0 Å². The number of aromatic nitrogens is 2. The minimum atomic E-state index is -0.816. The van der Waals surface area contributed by atoms with Crippen LogP contribution < -0.4 is 0 Å². The minimum Gasteiger partial charge on any atom is -0.480 e. The van der Waals surface area contributed by atoms with Gasteiger partial charge >= 0.3 is 5.97 Å². The normalized spacial score (nSPS) is 15.2. The van der Waals surface area contributed by atoms with Gasteiger partial charge < -0.3 is 14.4 Å². The molecular formula is C12H19N3O3. The van der Waals surface area contributed by atoms with Crippen LogP contribution >= 0.6 is 0 Å². The molecule has 0 spiro atoms. The summed E-state index contributed by atoms with van der Waals surface area (Å²) in [6.45, 7) is 1.77. The summed E-state index contributed by atoms with van der Waals surface area (Å²) < 4.78 is 7.16. The van der Waals surface area contributed by atoms with Gasteiger partial charge in [0, 0.05) is 32.4 Å². The Morgan fingerprint density at radius 3 is 3.06 bits per heavy atom. The van der Waals surface area contributed by atoms with Gasteiger partial charge in [-0.2, -0.15) is 0 Å². The number of imidazole rings is 1. The van der Waals surface area contributed by atoms with Crippen LogP contribution in [-0.2, 0) is 16.1 Å². The van der Waals surface area contributed by atoms with E-state index in [2.05, 4.69) is 9.55 Å². The maximum Gasteiger partial charge on any atom is 0.317 e. The van der Waals surface area contributed by atoms with Crippen molar-refractivity contribution >= 4 is 5.97 Å². The lowest BCUT2D eigenvalue weighted by atomic mass is 10.3. The Morgan fingerprint density at radius 1 is 1.67 bits per heavy atom. The van der Waals surface area contributed by atoms with E-state index in [0.29, 0.717) is 25.7 Å². The van der Waals surface area contributed by atoms with E-state index >= 15 is 0 Å². The summed E-state index contributed by atoms with van der Waals surface area (Å²) in [4.78, 5) is 16.8. The molecule has 1 N–H and O–H groups in total. The summed E-state index contributed by atoms with van der Waals surface area (Å²) in [5.41, 5.74) is 1.08. The van der Waals surface area contributed by atoms with Crippen LogP contribution in [0, 0.1) is 0 Å². The highest BCUT2D eigenvalue weighted by atomic mass is 16.5. The predicted octanol–water partition coefficient (Wildman–Crippen LogP) is 0.751. The van der Waals surface area contributed by atoms with Gasteiger partial charge in [-0.1, -0.05) is 0 Å². The van der Waals surface area contributed by atoms with Gasteiger partial charge in [0.2, 0.25) is 0 Å². The number of hydrogen-bond donors (Lipinski definition) is 1. The number of nitrogens with zero attached hydrogens (tertiary/aromatic N) is 3. The van der Waals surface area contributed by atoms with Crippen LogP contribution in [0.2, 0.25) is 0 Å². The number of aliphatic carboxylic acids is 1. The highest BCUT2D eigenvalue weighted by Gasteiger charge is 2.25. The van der Waals surface area contributed by atoms with E-state index in [0.717, 1.165) is 5.69 Å². The second-order valence-electron chi connectivity index (χ2n) is 4.62. The highest BCUT2D eigenvalue weighted by molar-refractivity contribution is 5.69. The molecule has 0 unspecified atom stereocenters. The largest absolute Gasteiger partial charge is 0.480 e. The number of carboxylic acids is 1. The summed E-state index contributed by atoms with van der Waals surface area (Å²) in [7, 11) is 1.62. The van der Waals surface area contributed by atoms with Crippen LogP contribution in [-0.4, -0.2) is 52.3 Å². The molecule has 1 heterocycles. The molecule has 1 aromatic heterocycles. The van der Waals surface area contributed by atoms with Crippen molar-refractivity contribution in [1.82, 2.24) is 14.5 Å². The lowest BCUT2D eigenvalue weighted by molar-refractivity contribution is -0.138. The van der Waals surface area contributed by atoms with E-state index in [4.69, 9.17) is 9.84 Å². The van der Waals surface area contributed by atoms with Gasteiger partial charge in [-0.15, -0.1) is 0 Å². The second kappa shape index (κ2) is 5.97. The molecule has 0 saturated heterocycles. The van der Waals surface area contributed by atoms with Crippen LogP contribution in [0.3, 0.4) is 0 Å². The molecule has 0 bridgehead atoms. The van der Waals surface area contributed by atoms with Crippen molar-refractivity contribution in [3.63, 3.8) is 0 Å². The van der Waals surface area contributed by atoms with Gasteiger partial charge in [0.15, 0.2) is 0 Å². The van der Waals surface area contributed by atoms with E-state index in [-0.39, 0.29) is 6.54 Å². The zero-order valence-corrected chi connectivity index (χ0v) is 10.6. The van der Waals surface area contributed by atoms with Gasteiger partial charge in [-0.05, 0) is 12.8 Å². The highest BCUT2D eigenvalue weighted by Crippen LogP contribution is 2.35. The lowest BCUT2D eigenvalue weighted by Gasteiger charge is -2.20. The monoisotopic (exact) mass is 253 g/mol. The number of carbonyl (C=O) groups is 1. The minimum absolute atomic E-state index is 0.0270. The van der Waals surface area contributed by atoms with Crippen LogP contribution in [0.5, 0.6) is 0 Å². The molecule has 0 radical (unpaired) electrons. The van der Waals surface area contributed by atoms with E-state index in [1.54, 1.807) is 7.11 Å². The number of methoxy groups -OCH3 is 1. The number of rotatable bonds is 8. The van der Waals surface area contributed by atoms with Crippen molar-refractivity contribution in [2.45, 2.75) is 25.4 Å². The maximum atomic E-state index is 10.8. The van der Waals surface area contributed by atoms with E-state index in [9.17, 15) is 4.79 Å². The molecule has 2 rings (SSSR count). The van der Waals surface area contributed by atoms with Crippen LogP contribution in [0.4, 0.5) is 0 Å². The molecule has 0 amide bonds. The van der Waals surface area contributed by atoms with E-state index in [1.165, 1.54) is 12.8 Å². The predicted molar refractivity (Wildman–Crippen MR) is 65.3 cm³/mol. The molecule has 0 aliphatic heterocycles. The molecule has 1 saturated carbocycles. The van der Waals surface area contributed by atoms with Gasteiger partial charge in [0.25, 0.3) is 0 Å². The standard InChI is InChI=1S/C12H19N3O3/c1-18-5-4-14(8-12(16)17)7-11-6-13-9-15(11)10-2-3-10/h6,9-10H,2-5,7-8H2,1H3,(H,16,17). The molecule has 1 aliphatic rings. The zero-order chi connectivity index (χ0) is 13.0. The third-order valence-corrected chi connectivity index (χ3v) is 3.04. The Hall–Kier alpha value is -1.40. The average molecular weight is 253 g/mol. The SMILES string of the molecule is COCCN(CC(=O)O)Cc1cncn1C1CC1. The van der Waals surface area contributed by atoms with Gasteiger partial charge in [-0.25, -0.2) is 4.98 Å². The molecule has 1 aromatic rings. The number of ether oxygens (including phenoxy) is 1. The summed E-state index contributed by atoms with van der Waals surface area (Å²) >= 11 is 0. The Kier molecular flexibility index (Phi) is 4.33. The summed E-state index contributed by atoms with van der Waals surface area (Å²) in [6.07, 6.45) is 6.04. The van der Waals surface area contributed by atoms with Crippen molar-refractivity contribution in [3.8, 4) is 0 Å². The first-order valence-electron chi connectivity index (χ1n) is 6.14. The van der Waals surface area contributed by atoms with Crippen molar-refractivity contribution in [3.05, 3.63) is 18.2 Å². The molecule has 6 heteroatoms. The van der Waals surface area contributed by atoms with Gasteiger partial charge in [0.05, 0.1) is 25.2 Å². The maximum absolute atomic E-state index is 10.8. The number of carboxylic acid groups (broad SMARTS) is 1. The molecule has 0 aromatic carbocycles. The molecule has 1 aliphatic carbocycles. The third-order valence-electron chi connectivity index (χ3n) is 3.04. The fraction of sp³-hybridized carbons (Fsp3) is 0.667. The lowest BCUT2D eigenvalue weighted by Crippen LogP contribution is -2.32. The quantitative estimate of drug-likeness (QED) is 0.740. The first-order valence-corrected chi connectivity index (χ1v) is 6.14. The van der Waals surface area contributed by atoms with Crippen molar-refractivity contribution in [2.75, 3.05) is 26.8 Å². The second-order valence-corrected chi connectivity index (χ2v) is 4.62. The van der Waals surface area contributed by atoms with E-state index in [1.807, 2.05) is 17.4 Å². The average Bonchev–Trinajstić information content (AvgIpc) is 3.07. The Bertz CT molecular complexity index is 401. The van der Waals surface area contributed by atoms with Crippen LogP contribution in [0.15, 0.2) is 12.5 Å². The Balaban J connectivity index is 1.97. The van der Waals surface area contributed by atoms with Gasteiger partial charge in [0.1, 0.15) is 0 Å². The zero-order valence-electron chi connectivity index (χ0n) is 10.6. The molecule has 0 atom stereocenters. The number of hydrogen-bond acceptors (Lipinski definition) is 4. The molecule has 6 nitrogen and oxygen atoms in total. The van der Waals surface area contributed by atoms with Crippen LogP contribution in [0.1, 0.15) is 24.6 Å². The summed E-state index contributed by atoms with van der Waals surface area (Å²) in [6, 6.07) is 0.566. The Morgan fingerprint density at radius 2 is 2.44 bits per heavy atom. The third kappa shape index (κ3) is 3.54. The first-order chi connectivity index (χ1) is 8.70. The van der Waals surface area contributed by atoms with Crippen molar-refractivity contribution in [2.24, 2.45) is 0 Å². The smallest absolute Gasteiger partial charge is 0.317 e. The molecule has 1 fully saturated rings. The molecular weight excluding hydrogens is 234 g/mol. The van der Waals surface area contributed by atoms with Crippen molar-refractivity contribution < 1.29 is 14.6 Å². The Labute approximate surface area is 106 Å². The van der Waals surface area contributed by atoms with Gasteiger partial charge in [-0.3, -0.25) is 9.69 Å².